The molecule has 0 spiro atoms. The zero-order valence-electron chi connectivity index (χ0n) is 7.64. The Hall–Kier alpha value is -1.92. The lowest BCUT2D eigenvalue weighted by molar-refractivity contribution is -0.152. The summed E-state index contributed by atoms with van der Waals surface area (Å²) in [4.78, 5) is 21.5. The van der Waals surface area contributed by atoms with E-state index in [1.54, 1.807) is 6.20 Å². The zero-order valence-corrected chi connectivity index (χ0v) is 7.64. The summed E-state index contributed by atoms with van der Waals surface area (Å²) in [5, 5.41) is 9.63. The largest absolute Gasteiger partial charge is 0.462 e. The van der Waals surface area contributed by atoms with Gasteiger partial charge in [-0.1, -0.05) is 5.21 Å². The van der Waals surface area contributed by atoms with Gasteiger partial charge >= 0.3 is 11.9 Å². The van der Waals surface area contributed by atoms with Gasteiger partial charge in [-0.15, -0.1) is 5.10 Å². The van der Waals surface area contributed by atoms with E-state index in [9.17, 15) is 9.59 Å². The number of hydrogen-bond acceptors (Lipinski definition) is 5. The van der Waals surface area contributed by atoms with Crippen molar-refractivity contribution in [3.63, 3.8) is 0 Å². The summed E-state index contributed by atoms with van der Waals surface area (Å²) in [7, 11) is 1.15. The van der Waals surface area contributed by atoms with Crippen molar-refractivity contribution in [2.24, 2.45) is 0 Å². The number of ether oxygens (including phenoxy) is 1. The van der Waals surface area contributed by atoms with Gasteiger partial charge in [0.25, 0.3) is 0 Å². The molecule has 1 rings (SSSR count). The van der Waals surface area contributed by atoms with Crippen LogP contribution in [0.3, 0.4) is 0 Å². The highest BCUT2D eigenvalue weighted by Crippen LogP contribution is 1.79. The number of nitrogens with one attached hydrogen (secondary N) is 1. The third-order valence-corrected chi connectivity index (χ3v) is 1.47. The fraction of sp³-hybridized carbons (Fsp3) is 0.429. The van der Waals surface area contributed by atoms with Crippen molar-refractivity contribution in [2.75, 3.05) is 13.7 Å². The number of aromatic nitrogens is 3. The normalized spacial score (nSPS) is 9.50. The summed E-state index contributed by atoms with van der Waals surface area (Å²) in [5.41, 5.74) is 0. The van der Waals surface area contributed by atoms with Crippen LogP contribution in [-0.2, 0) is 20.9 Å². The van der Waals surface area contributed by atoms with Crippen molar-refractivity contribution < 1.29 is 14.3 Å². The second kappa shape index (κ2) is 4.95. The zero-order chi connectivity index (χ0) is 10.4. The molecular weight excluding hydrogens is 188 g/mol. The SMILES string of the molecule is COC(=O)C(=O)NCCn1ccnn1. The van der Waals surface area contributed by atoms with Gasteiger partial charge in [0.15, 0.2) is 0 Å². The standard InChI is InChI=1S/C7H10N4O3/c1-14-7(13)6(12)8-2-4-11-5-3-9-10-11/h3,5H,2,4H2,1H3,(H,8,12). The number of amides is 1. The Kier molecular flexibility index (Phi) is 3.59. The Morgan fingerprint density at radius 3 is 2.93 bits per heavy atom. The van der Waals surface area contributed by atoms with Crippen molar-refractivity contribution in [1.29, 1.82) is 0 Å². The molecule has 14 heavy (non-hydrogen) atoms. The van der Waals surface area contributed by atoms with E-state index in [1.165, 1.54) is 10.9 Å². The molecule has 0 aliphatic carbocycles. The molecule has 0 aliphatic heterocycles. The van der Waals surface area contributed by atoms with E-state index in [-0.39, 0.29) is 0 Å². The third-order valence-electron chi connectivity index (χ3n) is 1.47. The molecule has 0 unspecified atom stereocenters. The number of carbonyl (C=O) groups is 2. The maximum Gasteiger partial charge on any atom is 0.396 e. The number of hydrogen-bond donors (Lipinski definition) is 1. The molecule has 1 heterocycles. The molecular formula is C7H10N4O3. The maximum absolute atomic E-state index is 10.9. The smallest absolute Gasteiger partial charge is 0.396 e. The van der Waals surface area contributed by atoms with Gasteiger partial charge in [0, 0.05) is 12.7 Å². The second-order valence-electron chi connectivity index (χ2n) is 2.41. The minimum atomic E-state index is -0.899. The van der Waals surface area contributed by atoms with E-state index in [2.05, 4.69) is 20.4 Å². The topological polar surface area (TPSA) is 86.1 Å². The molecule has 7 nitrogen and oxygen atoms in total. The molecule has 1 aromatic rings. The summed E-state index contributed by atoms with van der Waals surface area (Å²) in [6.45, 7) is 0.764. The summed E-state index contributed by atoms with van der Waals surface area (Å²) in [6, 6.07) is 0. The van der Waals surface area contributed by atoms with Gasteiger partial charge in [0.2, 0.25) is 0 Å². The fourth-order valence-corrected chi connectivity index (χ4v) is 0.801. The van der Waals surface area contributed by atoms with Gasteiger partial charge in [-0.25, -0.2) is 4.79 Å². The highest BCUT2D eigenvalue weighted by atomic mass is 16.5. The first kappa shape index (κ1) is 10.2. The van der Waals surface area contributed by atoms with Crippen LogP contribution in [0.2, 0.25) is 0 Å². The Morgan fingerprint density at radius 1 is 1.57 bits per heavy atom. The van der Waals surface area contributed by atoms with Crippen molar-refractivity contribution in [1.82, 2.24) is 20.3 Å². The molecule has 1 aromatic heterocycles. The fourth-order valence-electron chi connectivity index (χ4n) is 0.801. The van der Waals surface area contributed by atoms with Gasteiger partial charge in [0.05, 0.1) is 19.9 Å². The van der Waals surface area contributed by atoms with E-state index >= 15 is 0 Å². The average molecular weight is 198 g/mol. The monoisotopic (exact) mass is 198 g/mol. The van der Waals surface area contributed by atoms with Crippen molar-refractivity contribution >= 4 is 11.9 Å². The van der Waals surface area contributed by atoms with Crippen molar-refractivity contribution in [3.05, 3.63) is 12.4 Å². The van der Waals surface area contributed by atoms with Crippen LogP contribution in [-0.4, -0.2) is 40.5 Å². The Balaban J connectivity index is 2.22. The van der Waals surface area contributed by atoms with E-state index in [0.29, 0.717) is 13.1 Å². The molecule has 1 amide bonds. The highest BCUT2D eigenvalue weighted by Gasteiger charge is 2.11. The molecule has 0 bridgehead atoms. The minimum absolute atomic E-state index is 0.303. The Labute approximate surface area is 80.0 Å². The van der Waals surface area contributed by atoms with Gasteiger partial charge in [-0.05, 0) is 0 Å². The first-order valence-corrected chi connectivity index (χ1v) is 3.94. The van der Waals surface area contributed by atoms with Gasteiger partial charge < -0.3 is 10.1 Å². The van der Waals surface area contributed by atoms with Crippen LogP contribution in [0.5, 0.6) is 0 Å². The Bertz CT molecular complexity index is 309. The van der Waals surface area contributed by atoms with Crippen LogP contribution in [0.1, 0.15) is 0 Å². The minimum Gasteiger partial charge on any atom is -0.462 e. The molecule has 0 saturated heterocycles. The number of nitrogens with zero attached hydrogens (tertiary/aromatic N) is 3. The van der Waals surface area contributed by atoms with Crippen LogP contribution in [0.15, 0.2) is 12.4 Å². The lowest BCUT2D eigenvalue weighted by Gasteiger charge is -2.02. The van der Waals surface area contributed by atoms with Gasteiger partial charge in [0.1, 0.15) is 0 Å². The Morgan fingerprint density at radius 2 is 2.36 bits per heavy atom. The molecule has 0 saturated carbocycles. The summed E-state index contributed by atoms with van der Waals surface area (Å²) >= 11 is 0. The van der Waals surface area contributed by atoms with Gasteiger partial charge in [-0.2, -0.15) is 0 Å². The third kappa shape index (κ3) is 2.85. The van der Waals surface area contributed by atoms with Crippen LogP contribution in [0, 0.1) is 0 Å². The number of rotatable bonds is 3. The maximum atomic E-state index is 10.9. The lowest BCUT2D eigenvalue weighted by atomic mass is 10.5. The number of carbonyl (C=O) groups excluding carboxylic acids is 2. The average Bonchev–Trinajstić information content (AvgIpc) is 2.69. The quantitative estimate of drug-likeness (QED) is 0.475. The first-order valence-electron chi connectivity index (χ1n) is 3.94. The number of esters is 1. The van der Waals surface area contributed by atoms with Crippen LogP contribution in [0.25, 0.3) is 0 Å². The highest BCUT2D eigenvalue weighted by molar-refractivity contribution is 6.32. The van der Waals surface area contributed by atoms with Crippen molar-refractivity contribution in [3.8, 4) is 0 Å². The molecule has 0 atom stereocenters. The number of methoxy groups -OCH3 is 1. The molecule has 0 aliphatic rings. The molecule has 0 radical (unpaired) electrons. The summed E-state index contributed by atoms with van der Waals surface area (Å²) in [5.74, 6) is -1.66. The van der Waals surface area contributed by atoms with E-state index in [4.69, 9.17) is 0 Å². The predicted octanol–water partition coefficient (Wildman–Crippen LogP) is -1.43. The predicted molar refractivity (Wildman–Crippen MR) is 45.0 cm³/mol. The van der Waals surface area contributed by atoms with E-state index < -0.39 is 11.9 Å². The van der Waals surface area contributed by atoms with E-state index in [0.717, 1.165) is 7.11 Å². The molecule has 0 fully saturated rings. The molecule has 0 aromatic carbocycles. The summed E-state index contributed by atoms with van der Waals surface area (Å²) in [6.07, 6.45) is 3.19. The lowest BCUT2D eigenvalue weighted by Crippen LogP contribution is -2.34. The molecule has 76 valence electrons. The van der Waals surface area contributed by atoms with Crippen LogP contribution < -0.4 is 5.32 Å². The van der Waals surface area contributed by atoms with E-state index in [1.807, 2.05) is 0 Å². The van der Waals surface area contributed by atoms with Gasteiger partial charge in [-0.3, -0.25) is 9.48 Å². The van der Waals surface area contributed by atoms with Crippen LogP contribution >= 0.6 is 0 Å². The summed E-state index contributed by atoms with van der Waals surface area (Å²) < 4.78 is 5.75. The molecule has 7 heteroatoms. The molecule has 1 N–H and O–H groups in total. The van der Waals surface area contributed by atoms with Crippen LogP contribution in [0.4, 0.5) is 0 Å². The second-order valence-corrected chi connectivity index (χ2v) is 2.41. The van der Waals surface area contributed by atoms with Crippen molar-refractivity contribution in [2.45, 2.75) is 6.54 Å². The first-order chi connectivity index (χ1) is 6.74.